The highest BCUT2D eigenvalue weighted by Crippen LogP contribution is 2.10. The fraction of sp³-hybridized carbons (Fsp3) is 0.263. The Balaban J connectivity index is 1.83. The van der Waals surface area contributed by atoms with Gasteiger partial charge in [0.2, 0.25) is 5.91 Å². The molecule has 0 saturated heterocycles. The van der Waals surface area contributed by atoms with Crippen LogP contribution in [-0.4, -0.2) is 29.8 Å². The molecule has 132 valence electrons. The lowest BCUT2D eigenvalue weighted by atomic mass is 10.2. The maximum Gasteiger partial charge on any atom is 0.251 e. The van der Waals surface area contributed by atoms with Gasteiger partial charge in [-0.25, -0.2) is 4.39 Å². The van der Waals surface area contributed by atoms with Gasteiger partial charge < -0.3 is 10.2 Å². The molecule has 0 radical (unpaired) electrons. The SMILES string of the molecule is CCN(Cc1cccc(F)c1)C(=O)CCNC(=O)c1ccc(Cl)cc1. The topological polar surface area (TPSA) is 49.4 Å². The number of carbonyl (C=O) groups is 2. The molecule has 2 amide bonds. The van der Waals surface area contributed by atoms with Crippen LogP contribution in [0, 0.1) is 5.82 Å². The third-order valence-electron chi connectivity index (χ3n) is 3.73. The third kappa shape index (κ3) is 5.87. The summed E-state index contributed by atoms with van der Waals surface area (Å²) in [7, 11) is 0. The molecule has 0 aromatic heterocycles. The van der Waals surface area contributed by atoms with Crippen molar-refractivity contribution in [2.45, 2.75) is 19.9 Å². The number of nitrogens with zero attached hydrogens (tertiary/aromatic N) is 1. The van der Waals surface area contributed by atoms with Gasteiger partial charge in [0.05, 0.1) is 0 Å². The molecule has 0 spiro atoms. The monoisotopic (exact) mass is 362 g/mol. The van der Waals surface area contributed by atoms with Crippen LogP contribution in [0.15, 0.2) is 48.5 Å². The first-order chi connectivity index (χ1) is 12.0. The summed E-state index contributed by atoms with van der Waals surface area (Å²) in [6.45, 7) is 2.96. The highest BCUT2D eigenvalue weighted by Gasteiger charge is 2.13. The maximum atomic E-state index is 13.2. The van der Waals surface area contributed by atoms with Crippen molar-refractivity contribution in [1.82, 2.24) is 10.2 Å². The van der Waals surface area contributed by atoms with Crippen LogP contribution in [-0.2, 0) is 11.3 Å². The summed E-state index contributed by atoms with van der Waals surface area (Å²) in [5, 5.41) is 3.27. The zero-order chi connectivity index (χ0) is 18.2. The molecule has 0 aliphatic carbocycles. The minimum absolute atomic E-state index is 0.0943. The lowest BCUT2D eigenvalue weighted by Crippen LogP contribution is -2.34. The third-order valence-corrected chi connectivity index (χ3v) is 3.98. The summed E-state index contributed by atoms with van der Waals surface area (Å²) in [5.41, 5.74) is 1.23. The predicted molar refractivity (Wildman–Crippen MR) is 95.9 cm³/mol. The lowest BCUT2D eigenvalue weighted by Gasteiger charge is -2.21. The van der Waals surface area contributed by atoms with Crippen molar-refractivity contribution in [3.05, 3.63) is 70.5 Å². The van der Waals surface area contributed by atoms with Crippen molar-refractivity contribution in [2.75, 3.05) is 13.1 Å². The quantitative estimate of drug-likeness (QED) is 0.817. The molecule has 0 unspecified atom stereocenters. The lowest BCUT2D eigenvalue weighted by molar-refractivity contribution is -0.131. The first-order valence-electron chi connectivity index (χ1n) is 8.05. The fourth-order valence-electron chi connectivity index (χ4n) is 2.38. The Morgan fingerprint density at radius 2 is 1.88 bits per heavy atom. The second-order valence-electron chi connectivity index (χ2n) is 5.55. The fourth-order valence-corrected chi connectivity index (χ4v) is 2.50. The van der Waals surface area contributed by atoms with Crippen molar-refractivity contribution in [2.24, 2.45) is 0 Å². The summed E-state index contributed by atoms with van der Waals surface area (Å²) < 4.78 is 13.2. The number of carbonyl (C=O) groups excluding carboxylic acids is 2. The van der Waals surface area contributed by atoms with Crippen LogP contribution in [0.4, 0.5) is 4.39 Å². The first kappa shape index (κ1) is 18.9. The maximum absolute atomic E-state index is 13.2. The van der Waals surface area contributed by atoms with Crippen LogP contribution in [0.3, 0.4) is 0 Å². The number of halogens is 2. The number of hydrogen-bond acceptors (Lipinski definition) is 2. The van der Waals surface area contributed by atoms with Gasteiger partial charge in [0.1, 0.15) is 5.82 Å². The van der Waals surface area contributed by atoms with E-state index in [9.17, 15) is 14.0 Å². The molecular formula is C19H20ClFN2O2. The number of amides is 2. The van der Waals surface area contributed by atoms with Gasteiger partial charge in [-0.2, -0.15) is 0 Å². The van der Waals surface area contributed by atoms with E-state index in [1.54, 1.807) is 41.3 Å². The van der Waals surface area contributed by atoms with Gasteiger partial charge in [-0.05, 0) is 48.9 Å². The van der Waals surface area contributed by atoms with Crippen molar-refractivity contribution in [1.29, 1.82) is 0 Å². The molecule has 6 heteroatoms. The van der Waals surface area contributed by atoms with E-state index >= 15 is 0 Å². The summed E-state index contributed by atoms with van der Waals surface area (Å²) in [4.78, 5) is 25.9. The largest absolute Gasteiger partial charge is 0.352 e. The minimum atomic E-state index is -0.323. The molecule has 0 saturated carbocycles. The molecule has 0 heterocycles. The zero-order valence-corrected chi connectivity index (χ0v) is 14.7. The number of hydrogen-bond donors (Lipinski definition) is 1. The van der Waals surface area contributed by atoms with E-state index in [0.29, 0.717) is 23.7 Å². The van der Waals surface area contributed by atoms with E-state index in [1.807, 2.05) is 6.92 Å². The van der Waals surface area contributed by atoms with E-state index < -0.39 is 0 Å². The van der Waals surface area contributed by atoms with E-state index in [4.69, 9.17) is 11.6 Å². The molecular weight excluding hydrogens is 343 g/mol. The van der Waals surface area contributed by atoms with Crippen molar-refractivity contribution < 1.29 is 14.0 Å². The van der Waals surface area contributed by atoms with Crippen LogP contribution in [0.1, 0.15) is 29.3 Å². The van der Waals surface area contributed by atoms with Gasteiger partial charge in [0, 0.05) is 36.6 Å². The molecule has 2 aromatic carbocycles. The van der Waals surface area contributed by atoms with Crippen LogP contribution < -0.4 is 5.32 Å². The summed E-state index contributed by atoms with van der Waals surface area (Å²) in [6, 6.07) is 12.7. The second kappa shape index (κ2) is 9.18. The summed E-state index contributed by atoms with van der Waals surface area (Å²) >= 11 is 5.78. The Morgan fingerprint density at radius 3 is 2.52 bits per heavy atom. The summed E-state index contributed by atoms with van der Waals surface area (Å²) in [6.07, 6.45) is 0.183. The van der Waals surface area contributed by atoms with E-state index in [0.717, 1.165) is 5.56 Å². The Morgan fingerprint density at radius 1 is 1.16 bits per heavy atom. The molecule has 25 heavy (non-hydrogen) atoms. The standard InChI is InChI=1S/C19H20ClFN2O2/c1-2-23(13-14-4-3-5-17(21)12-14)18(24)10-11-22-19(25)15-6-8-16(20)9-7-15/h3-9,12H,2,10-11,13H2,1H3,(H,22,25). The Bertz CT molecular complexity index is 734. The van der Waals surface area contributed by atoms with Crippen molar-refractivity contribution in [3.63, 3.8) is 0 Å². The van der Waals surface area contributed by atoms with Crippen molar-refractivity contribution in [3.8, 4) is 0 Å². The second-order valence-corrected chi connectivity index (χ2v) is 5.99. The molecule has 0 atom stereocenters. The Hall–Kier alpha value is -2.40. The average molecular weight is 363 g/mol. The molecule has 0 bridgehead atoms. The molecule has 2 rings (SSSR count). The van der Waals surface area contributed by atoms with E-state index in [2.05, 4.69) is 5.32 Å². The highest BCUT2D eigenvalue weighted by molar-refractivity contribution is 6.30. The normalized spacial score (nSPS) is 10.4. The van der Waals surface area contributed by atoms with Crippen LogP contribution >= 0.6 is 11.6 Å². The molecule has 1 N–H and O–H groups in total. The van der Waals surface area contributed by atoms with Gasteiger partial charge >= 0.3 is 0 Å². The molecule has 0 fully saturated rings. The van der Waals surface area contributed by atoms with Gasteiger partial charge in [-0.1, -0.05) is 23.7 Å². The van der Waals surface area contributed by atoms with E-state index in [-0.39, 0.29) is 30.6 Å². The molecule has 2 aromatic rings. The summed E-state index contributed by atoms with van der Waals surface area (Å²) in [5.74, 6) is -0.669. The van der Waals surface area contributed by atoms with E-state index in [1.165, 1.54) is 12.1 Å². The van der Waals surface area contributed by atoms with Crippen LogP contribution in [0.25, 0.3) is 0 Å². The van der Waals surface area contributed by atoms with Crippen molar-refractivity contribution >= 4 is 23.4 Å². The van der Waals surface area contributed by atoms with Gasteiger partial charge in [-0.3, -0.25) is 9.59 Å². The van der Waals surface area contributed by atoms with Gasteiger partial charge in [-0.15, -0.1) is 0 Å². The van der Waals surface area contributed by atoms with Crippen LogP contribution in [0.2, 0.25) is 5.02 Å². The van der Waals surface area contributed by atoms with Gasteiger partial charge in [0.25, 0.3) is 5.91 Å². The number of nitrogens with one attached hydrogen (secondary N) is 1. The highest BCUT2D eigenvalue weighted by atomic mass is 35.5. The predicted octanol–water partition coefficient (Wildman–Crippen LogP) is 3.65. The first-order valence-corrected chi connectivity index (χ1v) is 8.43. The Kier molecular flexibility index (Phi) is 6.95. The Labute approximate surface area is 151 Å². The molecule has 0 aliphatic rings. The zero-order valence-electron chi connectivity index (χ0n) is 14.0. The number of benzene rings is 2. The molecule has 4 nitrogen and oxygen atoms in total. The van der Waals surface area contributed by atoms with Crippen LogP contribution in [0.5, 0.6) is 0 Å². The average Bonchev–Trinajstić information content (AvgIpc) is 2.60. The van der Waals surface area contributed by atoms with Gasteiger partial charge in [0.15, 0.2) is 0 Å². The smallest absolute Gasteiger partial charge is 0.251 e. The molecule has 0 aliphatic heterocycles. The number of rotatable bonds is 7. The minimum Gasteiger partial charge on any atom is -0.352 e.